The Balaban J connectivity index is 1.89. The Bertz CT molecular complexity index is 484. The van der Waals surface area contributed by atoms with Gasteiger partial charge in [-0.1, -0.05) is 45.1 Å². The van der Waals surface area contributed by atoms with Crippen molar-refractivity contribution in [3.63, 3.8) is 0 Å². The molecular formula is C23H42O7. The number of hydrogen-bond donors (Lipinski definition) is 1. The lowest BCUT2D eigenvalue weighted by atomic mass is 9.97. The highest BCUT2D eigenvalue weighted by atomic mass is 16.8. The van der Waals surface area contributed by atoms with E-state index >= 15 is 0 Å². The maximum atomic E-state index is 10.8. The summed E-state index contributed by atoms with van der Waals surface area (Å²) in [5.41, 5.74) is 0. The summed E-state index contributed by atoms with van der Waals surface area (Å²) in [6.07, 6.45) is 6.66. The molecule has 2 aliphatic heterocycles. The van der Waals surface area contributed by atoms with Crippen molar-refractivity contribution in [1.82, 2.24) is 0 Å². The Morgan fingerprint density at radius 3 is 2.63 bits per heavy atom. The first kappa shape index (κ1) is 25.7. The van der Waals surface area contributed by atoms with Crippen LogP contribution in [0, 0.1) is 0 Å². The summed E-state index contributed by atoms with van der Waals surface area (Å²) in [6, 6.07) is 0. The Morgan fingerprint density at radius 2 is 1.93 bits per heavy atom. The number of ether oxygens (including phenoxy) is 6. The van der Waals surface area contributed by atoms with Gasteiger partial charge in [0.25, 0.3) is 0 Å². The third-order valence-electron chi connectivity index (χ3n) is 5.72. The number of aliphatic hydroxyl groups is 1. The van der Waals surface area contributed by atoms with Gasteiger partial charge in [0.15, 0.2) is 12.1 Å². The molecule has 2 aliphatic rings. The van der Waals surface area contributed by atoms with Gasteiger partial charge in [-0.15, -0.1) is 6.58 Å². The first-order chi connectivity index (χ1) is 14.4. The quantitative estimate of drug-likeness (QED) is 0.333. The molecular weight excluding hydrogens is 388 g/mol. The Hall–Kier alpha value is -0.540. The van der Waals surface area contributed by atoms with E-state index in [9.17, 15) is 5.11 Å². The third kappa shape index (κ3) is 7.86. The van der Waals surface area contributed by atoms with E-state index in [-0.39, 0.29) is 18.8 Å². The van der Waals surface area contributed by atoms with Gasteiger partial charge in [0.2, 0.25) is 0 Å². The lowest BCUT2D eigenvalue weighted by Crippen LogP contribution is -2.65. The molecule has 6 atom stereocenters. The number of aliphatic hydroxyl groups excluding tert-OH is 1. The zero-order chi connectivity index (χ0) is 22.0. The lowest BCUT2D eigenvalue weighted by Gasteiger charge is -2.49. The van der Waals surface area contributed by atoms with Crippen LogP contribution < -0.4 is 0 Å². The molecule has 0 saturated carbocycles. The minimum Gasteiger partial charge on any atom is -0.385 e. The number of hydrogen-bond acceptors (Lipinski definition) is 7. The monoisotopic (exact) mass is 430 g/mol. The molecule has 176 valence electrons. The zero-order valence-electron chi connectivity index (χ0n) is 19.2. The molecule has 1 N–H and O–H groups in total. The number of methoxy groups -OCH3 is 1. The second kappa shape index (κ2) is 13.1. The van der Waals surface area contributed by atoms with Crippen molar-refractivity contribution in [1.29, 1.82) is 0 Å². The first-order valence-corrected chi connectivity index (χ1v) is 11.4. The molecule has 2 rings (SSSR count). The van der Waals surface area contributed by atoms with Gasteiger partial charge in [0, 0.05) is 13.7 Å². The molecule has 0 bridgehead atoms. The molecule has 0 spiro atoms. The highest BCUT2D eigenvalue weighted by molar-refractivity contribution is 4.95. The van der Waals surface area contributed by atoms with Gasteiger partial charge in [-0.05, 0) is 26.7 Å². The summed E-state index contributed by atoms with van der Waals surface area (Å²) in [4.78, 5) is 0. The largest absolute Gasteiger partial charge is 0.385 e. The molecule has 30 heavy (non-hydrogen) atoms. The molecule has 2 heterocycles. The zero-order valence-corrected chi connectivity index (χ0v) is 19.2. The fourth-order valence-corrected chi connectivity index (χ4v) is 4.00. The fourth-order valence-electron chi connectivity index (χ4n) is 4.00. The smallest absolute Gasteiger partial charge is 0.187 e. The highest BCUT2D eigenvalue weighted by Gasteiger charge is 2.51. The summed E-state index contributed by atoms with van der Waals surface area (Å²) in [6.45, 7) is 10.7. The van der Waals surface area contributed by atoms with Crippen molar-refractivity contribution in [2.45, 2.75) is 108 Å². The van der Waals surface area contributed by atoms with E-state index in [0.29, 0.717) is 13.2 Å². The van der Waals surface area contributed by atoms with Crippen molar-refractivity contribution < 1.29 is 33.5 Å². The fraction of sp³-hybridized carbons (Fsp3) is 0.913. The van der Waals surface area contributed by atoms with Crippen molar-refractivity contribution >= 4 is 0 Å². The molecule has 0 aliphatic carbocycles. The van der Waals surface area contributed by atoms with Crippen LogP contribution in [0.25, 0.3) is 0 Å². The van der Waals surface area contributed by atoms with Gasteiger partial charge >= 0.3 is 0 Å². The predicted octanol–water partition coefficient (Wildman–Crippen LogP) is 3.58. The van der Waals surface area contributed by atoms with E-state index in [1.165, 1.54) is 25.7 Å². The van der Waals surface area contributed by atoms with E-state index in [4.69, 9.17) is 28.4 Å². The lowest BCUT2D eigenvalue weighted by molar-refractivity contribution is -0.385. The van der Waals surface area contributed by atoms with Crippen LogP contribution in [0.2, 0.25) is 0 Å². The van der Waals surface area contributed by atoms with Crippen LogP contribution in [-0.4, -0.2) is 74.6 Å². The SMILES string of the molecule is C=CCOC1O[C@@H]2COC(C)(C)O[C@H]2[C@H](OCC[C@@H](CCCCCCC)OC)[C@H]1O. The van der Waals surface area contributed by atoms with Crippen molar-refractivity contribution in [3.8, 4) is 0 Å². The van der Waals surface area contributed by atoms with Gasteiger partial charge < -0.3 is 33.5 Å². The van der Waals surface area contributed by atoms with Gasteiger partial charge in [-0.2, -0.15) is 0 Å². The molecule has 2 fully saturated rings. The van der Waals surface area contributed by atoms with Crippen molar-refractivity contribution in [2.24, 2.45) is 0 Å². The molecule has 0 aromatic carbocycles. The normalized spacial score (nSPS) is 31.8. The number of fused-ring (bicyclic) bond motifs is 1. The summed E-state index contributed by atoms with van der Waals surface area (Å²) in [7, 11) is 1.75. The molecule has 0 aromatic rings. The van der Waals surface area contributed by atoms with E-state index in [1.54, 1.807) is 13.2 Å². The van der Waals surface area contributed by atoms with Gasteiger partial charge in [-0.3, -0.25) is 0 Å². The topological polar surface area (TPSA) is 75.6 Å². The van der Waals surface area contributed by atoms with Gasteiger partial charge in [-0.25, -0.2) is 0 Å². The highest BCUT2D eigenvalue weighted by Crippen LogP contribution is 2.34. The summed E-state index contributed by atoms with van der Waals surface area (Å²) < 4.78 is 35.1. The maximum absolute atomic E-state index is 10.8. The van der Waals surface area contributed by atoms with Crippen LogP contribution in [0.4, 0.5) is 0 Å². The molecule has 7 heteroatoms. The van der Waals surface area contributed by atoms with E-state index in [2.05, 4.69) is 13.5 Å². The van der Waals surface area contributed by atoms with Crippen molar-refractivity contribution in [2.75, 3.05) is 26.9 Å². The number of unbranched alkanes of at least 4 members (excludes halogenated alkanes) is 4. The molecule has 0 aromatic heterocycles. The Labute approximate surface area is 182 Å². The Kier molecular flexibility index (Phi) is 11.2. The van der Waals surface area contributed by atoms with Crippen LogP contribution in [0.15, 0.2) is 12.7 Å². The molecule has 1 unspecified atom stereocenters. The van der Waals surface area contributed by atoms with Gasteiger partial charge in [0.05, 0.1) is 19.3 Å². The van der Waals surface area contributed by atoms with Crippen molar-refractivity contribution in [3.05, 3.63) is 12.7 Å². The summed E-state index contributed by atoms with van der Waals surface area (Å²) >= 11 is 0. The van der Waals surface area contributed by atoms with E-state index < -0.39 is 30.4 Å². The van der Waals surface area contributed by atoms with E-state index in [0.717, 1.165) is 19.3 Å². The minimum absolute atomic E-state index is 0.152. The molecule has 2 saturated heterocycles. The molecule has 0 radical (unpaired) electrons. The van der Waals surface area contributed by atoms with Crippen LogP contribution >= 0.6 is 0 Å². The average molecular weight is 431 g/mol. The predicted molar refractivity (Wildman–Crippen MR) is 114 cm³/mol. The number of rotatable bonds is 14. The van der Waals surface area contributed by atoms with Gasteiger partial charge in [0.1, 0.15) is 24.4 Å². The molecule has 0 amide bonds. The standard InChI is InChI=1S/C23H42O7/c1-6-8-9-10-11-12-17(25-5)13-15-26-21-19(24)22(27-14-7-2)29-18-16-28-23(3,4)30-20(18)21/h7,17-22,24H,2,6,8-16H2,1,3-5H3/t17-,18-,19-,20-,21-,22?/m1/s1. The van der Waals surface area contributed by atoms with Crippen LogP contribution in [0.1, 0.15) is 65.7 Å². The van der Waals surface area contributed by atoms with Crippen LogP contribution in [0.5, 0.6) is 0 Å². The van der Waals surface area contributed by atoms with Crippen LogP contribution in [0.3, 0.4) is 0 Å². The minimum atomic E-state index is -0.963. The molecule has 7 nitrogen and oxygen atoms in total. The van der Waals surface area contributed by atoms with Crippen LogP contribution in [-0.2, 0) is 28.4 Å². The average Bonchev–Trinajstić information content (AvgIpc) is 2.72. The second-order valence-corrected chi connectivity index (χ2v) is 8.63. The Morgan fingerprint density at radius 1 is 1.17 bits per heavy atom. The third-order valence-corrected chi connectivity index (χ3v) is 5.72. The second-order valence-electron chi connectivity index (χ2n) is 8.63. The summed E-state index contributed by atoms with van der Waals surface area (Å²) in [5, 5.41) is 10.8. The maximum Gasteiger partial charge on any atom is 0.187 e. The van der Waals surface area contributed by atoms with E-state index in [1.807, 2.05) is 13.8 Å². The summed E-state index contributed by atoms with van der Waals surface area (Å²) in [5.74, 6) is -0.756. The first-order valence-electron chi connectivity index (χ1n) is 11.4.